The van der Waals surface area contributed by atoms with Crippen LogP contribution in [-0.2, 0) is 0 Å². The summed E-state index contributed by atoms with van der Waals surface area (Å²) >= 11 is 8.06. The number of hydrogen-bond acceptors (Lipinski definition) is 2. The Morgan fingerprint density at radius 2 is 1.86 bits per heavy atom. The molecule has 2 aromatic carbocycles. The lowest BCUT2D eigenvalue weighted by Crippen LogP contribution is -2.06. The number of anilines is 1. The first-order valence-electron chi connectivity index (χ1n) is 7.07. The zero-order valence-electron chi connectivity index (χ0n) is 12.4. The van der Waals surface area contributed by atoms with Gasteiger partial charge in [0.2, 0.25) is 0 Å². The summed E-state index contributed by atoms with van der Waals surface area (Å²) < 4.78 is 1.35. The first kappa shape index (κ1) is 14.4. The van der Waals surface area contributed by atoms with E-state index in [1.54, 1.807) is 0 Å². The van der Waals surface area contributed by atoms with Crippen molar-refractivity contribution in [2.75, 3.05) is 5.32 Å². The first-order chi connectivity index (χ1) is 10.1. The van der Waals surface area contributed by atoms with Crippen LogP contribution in [0.4, 0.5) is 5.69 Å². The predicted molar refractivity (Wildman–Crippen MR) is 94.8 cm³/mol. The van der Waals surface area contributed by atoms with E-state index in [4.69, 9.17) is 11.6 Å². The van der Waals surface area contributed by atoms with Crippen molar-refractivity contribution >= 4 is 38.7 Å². The van der Waals surface area contributed by atoms with Crippen LogP contribution >= 0.6 is 22.9 Å². The fourth-order valence-corrected chi connectivity index (χ4v) is 4.00. The second-order valence-corrected chi connectivity index (χ2v) is 6.91. The van der Waals surface area contributed by atoms with Gasteiger partial charge in [-0.1, -0.05) is 35.9 Å². The van der Waals surface area contributed by atoms with Crippen molar-refractivity contribution in [2.24, 2.45) is 0 Å². The van der Waals surface area contributed by atoms with E-state index in [2.05, 4.69) is 55.6 Å². The molecule has 0 radical (unpaired) electrons. The maximum atomic E-state index is 6.20. The van der Waals surface area contributed by atoms with Crippen molar-refractivity contribution in [1.29, 1.82) is 0 Å². The van der Waals surface area contributed by atoms with Gasteiger partial charge >= 0.3 is 0 Å². The number of rotatable bonds is 3. The summed E-state index contributed by atoms with van der Waals surface area (Å²) in [7, 11) is 0. The van der Waals surface area contributed by atoms with Gasteiger partial charge in [-0.2, -0.15) is 0 Å². The van der Waals surface area contributed by atoms with Gasteiger partial charge in [0.15, 0.2) is 0 Å². The standard InChI is InChI=1S/C18H18ClNS/c1-11-8-9-14(10-16(11)19)20-13(3)18-12(2)15-6-4-5-7-17(15)21-18/h4-10,13,20H,1-3H3. The van der Waals surface area contributed by atoms with Gasteiger partial charge in [-0.05, 0) is 55.5 Å². The molecule has 1 atom stereocenters. The van der Waals surface area contributed by atoms with Crippen LogP contribution in [0.5, 0.6) is 0 Å². The van der Waals surface area contributed by atoms with Crippen LogP contribution in [0.3, 0.4) is 0 Å². The van der Waals surface area contributed by atoms with Crippen LogP contribution in [0.15, 0.2) is 42.5 Å². The van der Waals surface area contributed by atoms with Crippen LogP contribution in [0, 0.1) is 13.8 Å². The Morgan fingerprint density at radius 3 is 2.57 bits per heavy atom. The summed E-state index contributed by atoms with van der Waals surface area (Å²) in [5.41, 5.74) is 3.54. The Labute approximate surface area is 134 Å². The van der Waals surface area contributed by atoms with Gasteiger partial charge in [0, 0.05) is 20.3 Å². The molecule has 1 nitrogen and oxygen atoms in total. The van der Waals surface area contributed by atoms with Crippen LogP contribution in [0.2, 0.25) is 5.02 Å². The topological polar surface area (TPSA) is 12.0 Å². The summed E-state index contributed by atoms with van der Waals surface area (Å²) in [4.78, 5) is 1.38. The third-order valence-electron chi connectivity index (χ3n) is 3.83. The molecule has 108 valence electrons. The second-order valence-electron chi connectivity index (χ2n) is 5.42. The molecule has 0 amide bonds. The molecule has 1 unspecified atom stereocenters. The van der Waals surface area contributed by atoms with Crippen LogP contribution in [0.1, 0.15) is 29.0 Å². The molecular weight excluding hydrogens is 298 g/mol. The predicted octanol–water partition coefficient (Wildman–Crippen LogP) is 6.34. The highest BCUT2D eigenvalue weighted by molar-refractivity contribution is 7.19. The van der Waals surface area contributed by atoms with Crippen molar-refractivity contribution in [3.8, 4) is 0 Å². The quantitative estimate of drug-likeness (QED) is 0.594. The summed E-state index contributed by atoms with van der Waals surface area (Å²) in [6.45, 7) is 6.42. The number of aryl methyl sites for hydroxylation is 2. The molecule has 0 spiro atoms. The van der Waals surface area contributed by atoms with Gasteiger partial charge in [0.1, 0.15) is 0 Å². The Bertz CT molecular complexity index is 791. The SMILES string of the molecule is Cc1ccc(NC(C)c2sc3ccccc3c2C)cc1Cl. The minimum Gasteiger partial charge on any atom is -0.378 e. The van der Waals surface area contributed by atoms with Crippen LogP contribution < -0.4 is 5.32 Å². The minimum absolute atomic E-state index is 0.265. The van der Waals surface area contributed by atoms with Gasteiger partial charge in [0.05, 0.1) is 6.04 Å². The fourth-order valence-electron chi connectivity index (χ4n) is 2.60. The molecule has 1 N–H and O–H groups in total. The number of thiophene rings is 1. The highest BCUT2D eigenvalue weighted by atomic mass is 35.5. The number of hydrogen-bond donors (Lipinski definition) is 1. The molecule has 3 heteroatoms. The van der Waals surface area contributed by atoms with Gasteiger partial charge < -0.3 is 5.32 Å². The van der Waals surface area contributed by atoms with Crippen LogP contribution in [0.25, 0.3) is 10.1 Å². The third-order valence-corrected chi connectivity index (χ3v) is 5.69. The average molecular weight is 316 g/mol. The molecule has 0 saturated carbocycles. The normalized spacial score (nSPS) is 12.6. The lowest BCUT2D eigenvalue weighted by molar-refractivity contribution is 0.900. The molecule has 3 rings (SSSR count). The number of nitrogens with one attached hydrogen (secondary N) is 1. The minimum atomic E-state index is 0.265. The highest BCUT2D eigenvalue weighted by Gasteiger charge is 2.14. The van der Waals surface area contributed by atoms with Crippen molar-refractivity contribution in [2.45, 2.75) is 26.8 Å². The fraction of sp³-hybridized carbons (Fsp3) is 0.222. The molecule has 0 aliphatic carbocycles. The van der Waals surface area contributed by atoms with Crippen molar-refractivity contribution in [3.63, 3.8) is 0 Å². The van der Waals surface area contributed by atoms with E-state index in [-0.39, 0.29) is 6.04 Å². The zero-order valence-corrected chi connectivity index (χ0v) is 14.0. The second kappa shape index (κ2) is 5.70. The summed E-state index contributed by atoms with van der Waals surface area (Å²) in [6.07, 6.45) is 0. The van der Waals surface area contributed by atoms with E-state index in [1.165, 1.54) is 20.5 Å². The van der Waals surface area contributed by atoms with Gasteiger partial charge in [-0.3, -0.25) is 0 Å². The summed E-state index contributed by atoms with van der Waals surface area (Å²) in [5.74, 6) is 0. The summed E-state index contributed by atoms with van der Waals surface area (Å²) in [6, 6.07) is 15.0. The third kappa shape index (κ3) is 2.78. The average Bonchev–Trinajstić information content (AvgIpc) is 2.81. The molecule has 0 aliphatic heterocycles. The van der Waals surface area contributed by atoms with E-state index in [0.717, 1.165) is 16.3 Å². The molecule has 0 fully saturated rings. The zero-order chi connectivity index (χ0) is 15.0. The molecule has 0 bridgehead atoms. The van der Waals surface area contributed by atoms with Gasteiger partial charge in [-0.25, -0.2) is 0 Å². The maximum absolute atomic E-state index is 6.20. The molecule has 1 heterocycles. The van der Waals surface area contributed by atoms with E-state index >= 15 is 0 Å². The summed E-state index contributed by atoms with van der Waals surface area (Å²) in [5, 5.41) is 5.71. The van der Waals surface area contributed by atoms with E-state index in [1.807, 2.05) is 24.3 Å². The molecule has 21 heavy (non-hydrogen) atoms. The smallest absolute Gasteiger partial charge is 0.0581 e. The number of halogens is 1. The lowest BCUT2D eigenvalue weighted by atomic mass is 10.1. The Hall–Kier alpha value is -1.51. The number of fused-ring (bicyclic) bond motifs is 1. The number of benzene rings is 2. The lowest BCUT2D eigenvalue weighted by Gasteiger charge is -2.15. The molecular formula is C18H18ClNS. The molecule has 0 saturated heterocycles. The molecule has 1 aromatic heterocycles. The highest BCUT2D eigenvalue weighted by Crippen LogP contribution is 2.36. The first-order valence-corrected chi connectivity index (χ1v) is 8.26. The Morgan fingerprint density at radius 1 is 1.10 bits per heavy atom. The van der Waals surface area contributed by atoms with E-state index in [0.29, 0.717) is 0 Å². The van der Waals surface area contributed by atoms with Crippen molar-refractivity contribution in [3.05, 3.63) is 63.5 Å². The Balaban J connectivity index is 1.91. The molecule has 3 aromatic rings. The van der Waals surface area contributed by atoms with Crippen molar-refractivity contribution < 1.29 is 0 Å². The Kier molecular flexibility index (Phi) is 3.92. The largest absolute Gasteiger partial charge is 0.378 e. The van der Waals surface area contributed by atoms with Gasteiger partial charge in [-0.15, -0.1) is 11.3 Å². The monoisotopic (exact) mass is 315 g/mol. The van der Waals surface area contributed by atoms with E-state index < -0.39 is 0 Å². The van der Waals surface area contributed by atoms with Crippen molar-refractivity contribution in [1.82, 2.24) is 0 Å². The van der Waals surface area contributed by atoms with Crippen LogP contribution in [-0.4, -0.2) is 0 Å². The van der Waals surface area contributed by atoms with Gasteiger partial charge in [0.25, 0.3) is 0 Å². The van der Waals surface area contributed by atoms with E-state index in [9.17, 15) is 0 Å². The maximum Gasteiger partial charge on any atom is 0.0581 e. The molecule has 0 aliphatic rings.